The predicted molar refractivity (Wildman–Crippen MR) is 119 cm³/mol. The highest BCUT2D eigenvalue weighted by Crippen LogP contribution is 2.19. The molecule has 0 saturated carbocycles. The smallest absolute Gasteiger partial charge is 0.243 e. The number of primary amides is 1. The van der Waals surface area contributed by atoms with Gasteiger partial charge in [-0.3, -0.25) is 24.1 Å². The fourth-order valence-corrected chi connectivity index (χ4v) is 3.69. The minimum absolute atomic E-state index is 0.0456. The summed E-state index contributed by atoms with van der Waals surface area (Å²) < 4.78 is 2.70. The molecule has 1 fully saturated rings. The van der Waals surface area contributed by atoms with E-state index in [1.807, 2.05) is 0 Å². The molecule has 170 valence electrons. The van der Waals surface area contributed by atoms with Gasteiger partial charge in [-0.15, -0.1) is 0 Å². The van der Waals surface area contributed by atoms with Crippen LogP contribution in [-0.2, 0) is 20.8 Å². The minimum atomic E-state index is -0.741. The first-order valence-electron chi connectivity index (χ1n) is 9.83. The number of phenols is 1. The normalized spacial score (nSPS) is 19.4. The largest absolute Gasteiger partial charge is 0.508 e. The van der Waals surface area contributed by atoms with Crippen LogP contribution in [0.2, 0.25) is 0 Å². The van der Waals surface area contributed by atoms with E-state index in [4.69, 9.17) is 17.2 Å². The highest BCUT2D eigenvalue weighted by Gasteiger charge is 2.39. The van der Waals surface area contributed by atoms with Gasteiger partial charge in [-0.05, 0) is 37.0 Å². The van der Waals surface area contributed by atoms with Crippen LogP contribution in [-0.4, -0.2) is 64.9 Å². The number of carbonyl (C=O) groups is 3. The molecular formula is C19H29N7O4S. The molecule has 3 atom stereocenters. The lowest BCUT2D eigenvalue weighted by Gasteiger charge is -2.40. The van der Waals surface area contributed by atoms with Gasteiger partial charge in [-0.2, -0.15) is 0 Å². The first-order chi connectivity index (χ1) is 14.7. The molecule has 0 radical (unpaired) electrons. The Labute approximate surface area is 186 Å². The van der Waals surface area contributed by atoms with Crippen LogP contribution in [0.5, 0.6) is 5.75 Å². The summed E-state index contributed by atoms with van der Waals surface area (Å²) in [5, 5.41) is 12.2. The van der Waals surface area contributed by atoms with Crippen LogP contribution in [0.15, 0.2) is 29.3 Å². The van der Waals surface area contributed by atoms with Crippen molar-refractivity contribution in [1.29, 1.82) is 0 Å². The van der Waals surface area contributed by atoms with Gasteiger partial charge in [0.1, 0.15) is 11.8 Å². The average Bonchev–Trinajstić information content (AvgIpc) is 2.70. The number of hydrogen-bond donors (Lipinski definition) is 7. The Morgan fingerprint density at radius 3 is 2.55 bits per heavy atom. The first-order valence-corrected chi connectivity index (χ1v) is 10.3. The first kappa shape index (κ1) is 24.3. The Hall–Kier alpha value is -2.99. The van der Waals surface area contributed by atoms with E-state index in [0.717, 1.165) is 5.56 Å². The number of hydrogen-bond acceptors (Lipinski definition) is 7. The van der Waals surface area contributed by atoms with E-state index in [0.29, 0.717) is 25.8 Å². The van der Waals surface area contributed by atoms with Gasteiger partial charge in [0.15, 0.2) is 5.96 Å². The zero-order valence-electron chi connectivity index (χ0n) is 17.0. The number of nitrogens with one attached hydrogen (secondary N) is 2. The maximum absolute atomic E-state index is 13.3. The lowest BCUT2D eigenvalue weighted by molar-refractivity contribution is -0.146. The topological polar surface area (TPSA) is 189 Å². The molecule has 1 heterocycles. The molecule has 0 aliphatic carbocycles. The van der Waals surface area contributed by atoms with E-state index >= 15 is 0 Å². The van der Waals surface area contributed by atoms with Crippen molar-refractivity contribution in [3.63, 3.8) is 0 Å². The summed E-state index contributed by atoms with van der Waals surface area (Å²) in [4.78, 5) is 42.8. The third-order valence-corrected chi connectivity index (χ3v) is 5.24. The lowest BCUT2D eigenvalue weighted by Crippen LogP contribution is -2.64. The fourth-order valence-electron chi connectivity index (χ4n) is 3.49. The van der Waals surface area contributed by atoms with Crippen LogP contribution in [0.25, 0.3) is 0 Å². The molecule has 3 amide bonds. The van der Waals surface area contributed by atoms with Gasteiger partial charge in [0, 0.05) is 19.5 Å². The predicted octanol–water partition coefficient (Wildman–Crippen LogP) is -1.64. The van der Waals surface area contributed by atoms with Crippen molar-refractivity contribution in [2.45, 2.75) is 43.8 Å². The van der Waals surface area contributed by atoms with Gasteiger partial charge in [-0.1, -0.05) is 24.9 Å². The molecule has 1 saturated heterocycles. The van der Waals surface area contributed by atoms with Crippen LogP contribution < -0.4 is 27.2 Å². The molecular weight excluding hydrogens is 422 g/mol. The number of carbonyl (C=O) groups excluding carboxylic acids is 3. The third-order valence-electron chi connectivity index (χ3n) is 4.93. The van der Waals surface area contributed by atoms with Gasteiger partial charge >= 0.3 is 0 Å². The summed E-state index contributed by atoms with van der Waals surface area (Å²) in [6.45, 7) is 0.461. The van der Waals surface area contributed by atoms with E-state index in [9.17, 15) is 19.5 Å². The van der Waals surface area contributed by atoms with Crippen LogP contribution >= 0.6 is 12.8 Å². The van der Waals surface area contributed by atoms with E-state index in [1.165, 1.54) is 17.0 Å². The summed E-state index contributed by atoms with van der Waals surface area (Å²) in [6.07, 6.45) is 1.04. The summed E-state index contributed by atoms with van der Waals surface area (Å²) in [5.74, 6) is -1.20. The van der Waals surface area contributed by atoms with E-state index in [1.54, 1.807) is 12.1 Å². The molecule has 1 aromatic carbocycles. The summed E-state index contributed by atoms with van der Waals surface area (Å²) in [5.41, 5.74) is 16.7. The van der Waals surface area contributed by atoms with Crippen molar-refractivity contribution in [2.75, 3.05) is 13.1 Å². The van der Waals surface area contributed by atoms with Crippen molar-refractivity contribution < 1.29 is 19.5 Å². The zero-order chi connectivity index (χ0) is 23.0. The van der Waals surface area contributed by atoms with Crippen molar-refractivity contribution in [2.24, 2.45) is 22.2 Å². The number of aliphatic imine (C=N–C) groups is 1. The Morgan fingerprint density at radius 2 is 1.97 bits per heavy atom. The third kappa shape index (κ3) is 7.33. The van der Waals surface area contributed by atoms with E-state index < -0.39 is 24.0 Å². The highest BCUT2D eigenvalue weighted by atomic mass is 32.1. The Balaban J connectivity index is 2.18. The summed E-state index contributed by atoms with van der Waals surface area (Å²) in [7, 11) is 0. The molecule has 0 aromatic heterocycles. The second-order valence-corrected chi connectivity index (χ2v) is 7.64. The molecule has 0 bridgehead atoms. The Morgan fingerprint density at radius 1 is 1.29 bits per heavy atom. The van der Waals surface area contributed by atoms with Gasteiger partial charge in [0.25, 0.3) is 0 Å². The molecule has 1 aliphatic heterocycles. The molecule has 31 heavy (non-hydrogen) atoms. The molecule has 2 rings (SSSR count). The number of amides is 3. The van der Waals surface area contributed by atoms with E-state index in [2.05, 4.69) is 27.8 Å². The summed E-state index contributed by atoms with van der Waals surface area (Å²) in [6, 6.07) is 4.41. The lowest BCUT2D eigenvalue weighted by atomic mass is 9.98. The molecule has 11 nitrogen and oxygen atoms in total. The summed E-state index contributed by atoms with van der Waals surface area (Å²) >= 11 is 4.10. The number of piperazine rings is 1. The van der Waals surface area contributed by atoms with Crippen LogP contribution in [0.1, 0.15) is 24.8 Å². The number of benzene rings is 1. The number of thiol groups is 1. The second-order valence-electron chi connectivity index (χ2n) is 7.38. The SMILES string of the molecule is NC(=O)C[C@H]1CN(C(=O)[C@H](Cc2ccc(O)cc2)NS)[C@@H](CCCN=C(N)N)C(=O)N1. The van der Waals surface area contributed by atoms with Gasteiger partial charge in [-0.25, -0.2) is 0 Å². The number of rotatable bonds is 10. The number of nitrogens with zero attached hydrogens (tertiary/aromatic N) is 2. The standard InChI is InChI=1S/C19H29N7O4S/c20-16(28)9-12-10-26(15(17(29)24-12)2-1-7-23-19(21)22)18(30)14(25-31)8-11-3-5-13(27)6-4-11/h3-6,12,14-15,25,27,31H,1-2,7-10H2,(H2,20,28)(H,24,29)(H4,21,22,23)/t12-,14-,15-/m0/s1. The number of guanidine groups is 1. The molecule has 0 spiro atoms. The van der Waals surface area contributed by atoms with Crippen molar-refractivity contribution in [3.05, 3.63) is 29.8 Å². The number of nitrogens with two attached hydrogens (primary N) is 3. The zero-order valence-corrected chi connectivity index (χ0v) is 17.9. The highest BCUT2D eigenvalue weighted by molar-refractivity contribution is 7.78. The fraction of sp³-hybridized carbons (Fsp3) is 0.474. The maximum atomic E-state index is 13.3. The minimum Gasteiger partial charge on any atom is -0.508 e. The van der Waals surface area contributed by atoms with Gasteiger partial charge in [0.05, 0.1) is 12.1 Å². The second kappa shape index (κ2) is 11.4. The number of phenolic OH excluding ortho intramolecular Hbond substituents is 1. The van der Waals surface area contributed by atoms with Crippen molar-refractivity contribution >= 4 is 36.5 Å². The van der Waals surface area contributed by atoms with Gasteiger partial charge in [0.2, 0.25) is 17.7 Å². The van der Waals surface area contributed by atoms with Crippen LogP contribution in [0.3, 0.4) is 0 Å². The van der Waals surface area contributed by atoms with Crippen molar-refractivity contribution in [3.8, 4) is 5.75 Å². The van der Waals surface area contributed by atoms with Crippen LogP contribution in [0, 0.1) is 0 Å². The molecule has 9 N–H and O–H groups in total. The molecule has 1 aromatic rings. The monoisotopic (exact) mass is 451 g/mol. The van der Waals surface area contributed by atoms with Gasteiger partial charge < -0.3 is 32.5 Å². The number of aromatic hydroxyl groups is 1. The molecule has 0 unspecified atom stereocenters. The molecule has 1 aliphatic rings. The molecule has 12 heteroatoms. The van der Waals surface area contributed by atoms with Crippen molar-refractivity contribution in [1.82, 2.24) is 14.9 Å². The average molecular weight is 452 g/mol. The maximum Gasteiger partial charge on any atom is 0.243 e. The van der Waals surface area contributed by atoms with E-state index in [-0.39, 0.29) is 36.5 Å². The van der Waals surface area contributed by atoms with Crippen LogP contribution in [0.4, 0.5) is 0 Å². The Bertz CT molecular complexity index is 814. The Kier molecular flexibility index (Phi) is 8.94. The quantitative estimate of drug-likeness (QED) is 0.0960.